The molecule has 1 amide bonds. The Bertz CT molecular complexity index is 950. The molecule has 0 saturated heterocycles. The van der Waals surface area contributed by atoms with Crippen molar-refractivity contribution < 1.29 is 18.7 Å². The van der Waals surface area contributed by atoms with E-state index in [0.29, 0.717) is 22.9 Å². The summed E-state index contributed by atoms with van der Waals surface area (Å²) in [4.78, 5) is 27.3. The molecule has 0 aliphatic rings. The van der Waals surface area contributed by atoms with Gasteiger partial charge in [0.25, 0.3) is 5.82 Å². The third-order valence-electron chi connectivity index (χ3n) is 3.41. The second kappa shape index (κ2) is 7.14. The molecule has 0 aliphatic carbocycles. The van der Waals surface area contributed by atoms with Crippen LogP contribution in [0.25, 0.3) is 5.69 Å². The van der Waals surface area contributed by atoms with Gasteiger partial charge in [-0.2, -0.15) is 0 Å². The number of carbonyl (C=O) groups excluding carboxylic acids is 2. The number of ether oxygens (including phenoxy) is 1. The predicted octanol–water partition coefficient (Wildman–Crippen LogP) is 2.89. The smallest absolute Gasteiger partial charge is 0.383 e. The summed E-state index contributed by atoms with van der Waals surface area (Å²) in [6, 6.07) is 12.0. The van der Waals surface area contributed by atoms with Gasteiger partial charge in [-0.05, 0) is 55.5 Å². The summed E-state index contributed by atoms with van der Waals surface area (Å²) in [5.41, 5.74) is 1.17. The lowest BCUT2D eigenvalue weighted by Crippen LogP contribution is -2.11. The van der Waals surface area contributed by atoms with E-state index < -0.39 is 5.97 Å². The zero-order chi connectivity index (χ0) is 18.7. The first-order valence-electron chi connectivity index (χ1n) is 7.72. The molecular weight excluding hydrogens is 339 g/mol. The Morgan fingerprint density at radius 1 is 1.08 bits per heavy atom. The van der Waals surface area contributed by atoms with E-state index in [1.807, 2.05) is 0 Å². The summed E-state index contributed by atoms with van der Waals surface area (Å²) in [5.74, 6) is -0.641. The number of rotatable bonds is 4. The topological polar surface area (TPSA) is 86.1 Å². The Morgan fingerprint density at radius 3 is 2.35 bits per heavy atom. The fourth-order valence-corrected chi connectivity index (χ4v) is 2.27. The number of hydrogen-bond donors (Lipinski definition) is 1. The lowest BCUT2D eigenvalue weighted by atomic mass is 10.3. The van der Waals surface area contributed by atoms with Crippen LogP contribution in [-0.4, -0.2) is 26.6 Å². The highest BCUT2D eigenvalue weighted by Gasteiger charge is 2.17. The molecule has 1 aromatic heterocycles. The molecule has 3 aromatic rings. The molecule has 132 valence electrons. The standard InChI is InChI=1S/C18H15FN4O3/c1-11-20-17(22-23(11)15-7-3-13(19)4-8-15)18(25)26-16-9-5-14(6-10-16)21-12(2)24/h3-10H,1-2H3,(H,21,24). The first-order valence-corrected chi connectivity index (χ1v) is 7.72. The number of aryl methyl sites for hydroxylation is 1. The Labute approximate surface area is 148 Å². The zero-order valence-corrected chi connectivity index (χ0v) is 14.1. The van der Waals surface area contributed by atoms with Crippen LogP contribution in [0.1, 0.15) is 23.4 Å². The Kier molecular flexibility index (Phi) is 4.74. The monoisotopic (exact) mass is 354 g/mol. The quantitative estimate of drug-likeness (QED) is 0.575. The Hall–Kier alpha value is -3.55. The van der Waals surface area contributed by atoms with E-state index in [2.05, 4.69) is 15.4 Å². The maximum Gasteiger partial charge on any atom is 0.383 e. The third kappa shape index (κ3) is 3.92. The van der Waals surface area contributed by atoms with Crippen LogP contribution in [0.2, 0.25) is 0 Å². The number of anilines is 1. The molecule has 3 rings (SSSR count). The number of nitrogens with one attached hydrogen (secondary N) is 1. The molecule has 1 N–H and O–H groups in total. The average Bonchev–Trinajstić information content (AvgIpc) is 2.99. The Balaban J connectivity index is 1.75. The van der Waals surface area contributed by atoms with Crippen LogP contribution in [0.5, 0.6) is 5.75 Å². The SMILES string of the molecule is CC(=O)Nc1ccc(OC(=O)c2nc(C)n(-c3ccc(F)cc3)n2)cc1. The molecule has 0 aliphatic heterocycles. The second-order valence-corrected chi connectivity index (χ2v) is 5.47. The highest BCUT2D eigenvalue weighted by atomic mass is 19.1. The highest BCUT2D eigenvalue weighted by Crippen LogP contribution is 2.17. The lowest BCUT2D eigenvalue weighted by Gasteiger charge is -2.04. The minimum Gasteiger partial charge on any atom is -0.421 e. The first kappa shape index (κ1) is 17.3. The molecular formula is C18H15FN4O3. The van der Waals surface area contributed by atoms with Crippen LogP contribution < -0.4 is 10.1 Å². The van der Waals surface area contributed by atoms with Gasteiger partial charge in [0.05, 0.1) is 5.69 Å². The molecule has 0 fully saturated rings. The van der Waals surface area contributed by atoms with E-state index in [-0.39, 0.29) is 17.5 Å². The molecule has 0 atom stereocenters. The van der Waals surface area contributed by atoms with E-state index in [1.165, 1.54) is 35.9 Å². The molecule has 0 spiro atoms. The van der Waals surface area contributed by atoms with Crippen molar-refractivity contribution in [2.24, 2.45) is 0 Å². The van der Waals surface area contributed by atoms with Crippen LogP contribution in [0, 0.1) is 12.7 Å². The Morgan fingerprint density at radius 2 is 1.73 bits per heavy atom. The number of nitrogens with zero attached hydrogens (tertiary/aromatic N) is 3. The number of hydrogen-bond acceptors (Lipinski definition) is 5. The molecule has 0 saturated carbocycles. The maximum absolute atomic E-state index is 13.0. The van der Waals surface area contributed by atoms with E-state index in [0.717, 1.165) is 0 Å². The van der Waals surface area contributed by atoms with Crippen molar-refractivity contribution >= 4 is 17.6 Å². The molecule has 1 heterocycles. The third-order valence-corrected chi connectivity index (χ3v) is 3.41. The van der Waals surface area contributed by atoms with Crippen molar-refractivity contribution in [3.8, 4) is 11.4 Å². The fourth-order valence-electron chi connectivity index (χ4n) is 2.27. The summed E-state index contributed by atoms with van der Waals surface area (Å²) in [5, 5.41) is 6.73. The van der Waals surface area contributed by atoms with Crippen LogP contribution in [0.15, 0.2) is 48.5 Å². The van der Waals surface area contributed by atoms with Gasteiger partial charge in [0.2, 0.25) is 5.91 Å². The van der Waals surface area contributed by atoms with Crippen molar-refractivity contribution in [2.45, 2.75) is 13.8 Å². The van der Waals surface area contributed by atoms with Gasteiger partial charge >= 0.3 is 5.97 Å². The number of benzene rings is 2. The number of carbonyl (C=O) groups is 2. The first-order chi connectivity index (χ1) is 12.4. The number of aromatic nitrogens is 3. The van der Waals surface area contributed by atoms with E-state index >= 15 is 0 Å². The minimum atomic E-state index is -0.721. The van der Waals surface area contributed by atoms with Gasteiger partial charge in [-0.1, -0.05) is 0 Å². The maximum atomic E-state index is 13.0. The second-order valence-electron chi connectivity index (χ2n) is 5.47. The van der Waals surface area contributed by atoms with Crippen LogP contribution in [0.3, 0.4) is 0 Å². The van der Waals surface area contributed by atoms with E-state index in [1.54, 1.807) is 31.2 Å². The number of esters is 1. The molecule has 0 bridgehead atoms. The van der Waals surface area contributed by atoms with Gasteiger partial charge in [0, 0.05) is 12.6 Å². The van der Waals surface area contributed by atoms with Crippen molar-refractivity contribution in [2.75, 3.05) is 5.32 Å². The van der Waals surface area contributed by atoms with Crippen molar-refractivity contribution in [3.05, 3.63) is 66.0 Å². The molecule has 2 aromatic carbocycles. The predicted molar refractivity (Wildman–Crippen MR) is 91.8 cm³/mol. The summed E-state index contributed by atoms with van der Waals surface area (Å²) in [6.07, 6.45) is 0. The van der Waals surface area contributed by atoms with E-state index in [4.69, 9.17) is 4.74 Å². The zero-order valence-electron chi connectivity index (χ0n) is 14.1. The number of halogens is 1. The largest absolute Gasteiger partial charge is 0.421 e. The van der Waals surface area contributed by atoms with E-state index in [9.17, 15) is 14.0 Å². The summed E-state index contributed by atoms with van der Waals surface area (Å²) in [7, 11) is 0. The van der Waals surface area contributed by atoms with Gasteiger partial charge in [-0.15, -0.1) is 5.10 Å². The van der Waals surface area contributed by atoms with Crippen LogP contribution in [-0.2, 0) is 4.79 Å². The van der Waals surface area contributed by atoms with Crippen molar-refractivity contribution in [3.63, 3.8) is 0 Å². The molecule has 8 heteroatoms. The summed E-state index contributed by atoms with van der Waals surface area (Å²) in [6.45, 7) is 3.08. The van der Waals surface area contributed by atoms with Crippen molar-refractivity contribution in [1.29, 1.82) is 0 Å². The van der Waals surface area contributed by atoms with Gasteiger partial charge in [0.15, 0.2) is 0 Å². The van der Waals surface area contributed by atoms with Gasteiger partial charge in [0.1, 0.15) is 17.4 Å². The molecule has 0 unspecified atom stereocenters. The van der Waals surface area contributed by atoms with Crippen molar-refractivity contribution in [1.82, 2.24) is 14.8 Å². The fraction of sp³-hybridized carbons (Fsp3) is 0.111. The van der Waals surface area contributed by atoms with Gasteiger partial charge in [-0.3, -0.25) is 4.79 Å². The van der Waals surface area contributed by atoms with Gasteiger partial charge < -0.3 is 10.1 Å². The van der Waals surface area contributed by atoms with Crippen LogP contribution >= 0.6 is 0 Å². The molecule has 26 heavy (non-hydrogen) atoms. The molecule has 0 radical (unpaired) electrons. The van der Waals surface area contributed by atoms with Crippen LogP contribution in [0.4, 0.5) is 10.1 Å². The summed E-state index contributed by atoms with van der Waals surface area (Å²) >= 11 is 0. The highest BCUT2D eigenvalue weighted by molar-refractivity contribution is 5.89. The normalized spacial score (nSPS) is 10.4. The molecule has 7 nitrogen and oxygen atoms in total. The average molecular weight is 354 g/mol. The van der Waals surface area contributed by atoms with Gasteiger partial charge in [-0.25, -0.2) is 18.9 Å². The lowest BCUT2D eigenvalue weighted by molar-refractivity contribution is -0.114. The summed E-state index contributed by atoms with van der Waals surface area (Å²) < 4.78 is 19.7. The minimum absolute atomic E-state index is 0.113. The number of amides is 1.